The number of carbonyl (C=O) groups excluding carboxylic acids is 1. The summed E-state index contributed by atoms with van der Waals surface area (Å²) in [6, 6.07) is 13.0. The van der Waals surface area contributed by atoms with E-state index in [2.05, 4.69) is 20.6 Å². The minimum Gasteiger partial charge on any atom is -0.496 e. The van der Waals surface area contributed by atoms with Crippen LogP contribution in [-0.4, -0.2) is 46.1 Å². The summed E-state index contributed by atoms with van der Waals surface area (Å²) in [5.41, 5.74) is 2.93. The fraction of sp³-hybridized carbons (Fsp3) is 0.250. The van der Waals surface area contributed by atoms with Gasteiger partial charge < -0.3 is 19.8 Å². The van der Waals surface area contributed by atoms with Gasteiger partial charge in [0.1, 0.15) is 22.7 Å². The Hall–Kier alpha value is -3.55. The Morgan fingerprint density at radius 3 is 2.71 bits per heavy atom. The molecular formula is C20H21N5O3. The molecule has 144 valence electrons. The van der Waals surface area contributed by atoms with Crippen molar-refractivity contribution in [1.82, 2.24) is 25.3 Å². The Bertz CT molecular complexity index is 1110. The van der Waals surface area contributed by atoms with Crippen molar-refractivity contribution in [3.63, 3.8) is 0 Å². The van der Waals surface area contributed by atoms with E-state index in [0.29, 0.717) is 23.7 Å². The van der Waals surface area contributed by atoms with Crippen LogP contribution in [0.4, 0.5) is 0 Å². The third-order valence-electron chi connectivity index (χ3n) is 4.64. The van der Waals surface area contributed by atoms with Gasteiger partial charge in [-0.3, -0.25) is 4.79 Å². The van der Waals surface area contributed by atoms with Crippen LogP contribution in [0, 0.1) is 0 Å². The van der Waals surface area contributed by atoms with Crippen LogP contribution < -0.4 is 14.8 Å². The van der Waals surface area contributed by atoms with Crippen LogP contribution in [0.2, 0.25) is 0 Å². The van der Waals surface area contributed by atoms with Gasteiger partial charge in [-0.2, -0.15) is 0 Å². The molecule has 0 saturated carbocycles. The van der Waals surface area contributed by atoms with E-state index in [0.717, 1.165) is 21.9 Å². The first kappa shape index (κ1) is 17.8. The number of aromatic nitrogens is 4. The molecule has 0 aliphatic carbocycles. The van der Waals surface area contributed by atoms with Crippen LogP contribution in [0.15, 0.2) is 42.5 Å². The fourth-order valence-electron chi connectivity index (χ4n) is 3.30. The molecule has 2 aromatic heterocycles. The molecule has 2 heterocycles. The highest BCUT2D eigenvalue weighted by atomic mass is 16.5. The minimum absolute atomic E-state index is 0.146. The lowest BCUT2D eigenvalue weighted by atomic mass is 10.2. The maximum Gasteiger partial charge on any atom is 0.268 e. The van der Waals surface area contributed by atoms with Crippen molar-refractivity contribution in [2.24, 2.45) is 0 Å². The summed E-state index contributed by atoms with van der Waals surface area (Å²) in [5, 5.41) is 12.1. The Morgan fingerprint density at radius 1 is 1.18 bits per heavy atom. The van der Waals surface area contributed by atoms with E-state index in [4.69, 9.17) is 9.47 Å². The van der Waals surface area contributed by atoms with E-state index in [-0.39, 0.29) is 11.9 Å². The number of hydrogen-bond acceptors (Lipinski definition) is 5. The molecule has 4 rings (SSSR count). The predicted molar refractivity (Wildman–Crippen MR) is 106 cm³/mol. The molecule has 0 spiro atoms. The van der Waals surface area contributed by atoms with Gasteiger partial charge in [0, 0.05) is 11.4 Å². The highest BCUT2D eigenvalue weighted by Gasteiger charge is 2.17. The molecule has 0 saturated heterocycles. The zero-order chi connectivity index (χ0) is 19.7. The molecule has 4 aromatic rings. The largest absolute Gasteiger partial charge is 0.496 e. The summed E-state index contributed by atoms with van der Waals surface area (Å²) in [7, 11) is 3.19. The molecule has 0 unspecified atom stereocenters. The van der Waals surface area contributed by atoms with Gasteiger partial charge in [0.05, 0.1) is 31.8 Å². The quantitative estimate of drug-likeness (QED) is 0.537. The van der Waals surface area contributed by atoms with E-state index >= 15 is 0 Å². The summed E-state index contributed by atoms with van der Waals surface area (Å²) >= 11 is 0. The van der Waals surface area contributed by atoms with E-state index in [1.165, 1.54) is 0 Å². The number of ether oxygens (including phenoxy) is 2. The first-order valence-corrected chi connectivity index (χ1v) is 8.93. The highest BCUT2D eigenvalue weighted by Crippen LogP contribution is 2.33. The van der Waals surface area contributed by atoms with Crippen LogP contribution in [0.5, 0.6) is 11.5 Å². The molecule has 2 aromatic carbocycles. The lowest BCUT2D eigenvalue weighted by Gasteiger charge is -2.13. The van der Waals surface area contributed by atoms with Crippen LogP contribution in [-0.2, 0) is 6.54 Å². The summed E-state index contributed by atoms with van der Waals surface area (Å²) in [6.45, 7) is 2.44. The number of nitrogens with zero attached hydrogens (tertiary/aromatic N) is 3. The van der Waals surface area contributed by atoms with Gasteiger partial charge in [-0.15, -0.1) is 5.10 Å². The van der Waals surface area contributed by atoms with Gasteiger partial charge in [0.15, 0.2) is 0 Å². The summed E-state index contributed by atoms with van der Waals surface area (Å²) in [6.07, 6.45) is 0. The molecule has 8 heteroatoms. The van der Waals surface area contributed by atoms with Crippen molar-refractivity contribution in [3.8, 4) is 11.5 Å². The van der Waals surface area contributed by atoms with Crippen LogP contribution in [0.1, 0.15) is 17.4 Å². The Kier molecular flexibility index (Phi) is 4.60. The second-order valence-corrected chi connectivity index (χ2v) is 6.58. The topological polar surface area (TPSA) is 94.1 Å². The third-order valence-corrected chi connectivity index (χ3v) is 4.64. The smallest absolute Gasteiger partial charge is 0.268 e. The zero-order valence-electron chi connectivity index (χ0n) is 15.9. The maximum atomic E-state index is 12.7. The van der Waals surface area contributed by atoms with Crippen molar-refractivity contribution in [3.05, 3.63) is 48.2 Å². The molecule has 8 nitrogen and oxygen atoms in total. The number of benzene rings is 2. The number of amides is 1. The van der Waals surface area contributed by atoms with Gasteiger partial charge in [-0.05, 0) is 37.3 Å². The van der Waals surface area contributed by atoms with Crippen molar-refractivity contribution < 1.29 is 14.3 Å². The number of nitrogens with one attached hydrogen (secondary N) is 2. The average Bonchev–Trinajstić information content (AvgIpc) is 3.32. The van der Waals surface area contributed by atoms with E-state index in [9.17, 15) is 4.79 Å². The number of fused-ring (bicyclic) bond motifs is 2. The second kappa shape index (κ2) is 7.22. The lowest BCUT2D eigenvalue weighted by Crippen LogP contribution is -2.36. The fourth-order valence-corrected chi connectivity index (χ4v) is 3.30. The normalized spacial score (nSPS) is 12.2. The van der Waals surface area contributed by atoms with Gasteiger partial charge in [0.2, 0.25) is 0 Å². The van der Waals surface area contributed by atoms with Crippen LogP contribution in [0.3, 0.4) is 0 Å². The van der Waals surface area contributed by atoms with Crippen molar-refractivity contribution in [1.29, 1.82) is 0 Å². The van der Waals surface area contributed by atoms with Crippen LogP contribution >= 0.6 is 0 Å². The first-order chi connectivity index (χ1) is 13.6. The molecule has 0 aliphatic heterocycles. The Labute approximate surface area is 161 Å². The summed E-state index contributed by atoms with van der Waals surface area (Å²) in [4.78, 5) is 15.9. The first-order valence-electron chi connectivity index (χ1n) is 8.93. The highest BCUT2D eigenvalue weighted by molar-refractivity contribution is 6.01. The number of hydrogen-bond donors (Lipinski definition) is 2. The number of para-hydroxylation sites is 1. The molecular weight excluding hydrogens is 358 g/mol. The van der Waals surface area contributed by atoms with E-state index < -0.39 is 0 Å². The van der Waals surface area contributed by atoms with Crippen LogP contribution in [0.25, 0.3) is 21.9 Å². The number of H-pyrrole nitrogens is 1. The Morgan fingerprint density at radius 2 is 1.93 bits per heavy atom. The Balaban J connectivity index is 1.54. The molecule has 0 fully saturated rings. The number of methoxy groups -OCH3 is 2. The number of carbonyl (C=O) groups is 1. The molecule has 1 atom stereocenters. The van der Waals surface area contributed by atoms with Gasteiger partial charge in [0.25, 0.3) is 5.91 Å². The van der Waals surface area contributed by atoms with Gasteiger partial charge in [-0.25, -0.2) is 4.68 Å². The second-order valence-electron chi connectivity index (χ2n) is 6.58. The summed E-state index contributed by atoms with van der Waals surface area (Å²) < 4.78 is 12.6. The van der Waals surface area contributed by atoms with Gasteiger partial charge >= 0.3 is 0 Å². The van der Waals surface area contributed by atoms with Crippen molar-refractivity contribution in [2.45, 2.75) is 19.5 Å². The monoisotopic (exact) mass is 379 g/mol. The van der Waals surface area contributed by atoms with Gasteiger partial charge in [-0.1, -0.05) is 17.3 Å². The van der Waals surface area contributed by atoms with E-state index in [1.807, 2.05) is 37.3 Å². The standard InChI is InChI=1S/C20H21N5O3/c1-12(11-25-16-7-5-4-6-14(16)23-24-25)21-20(26)15-10-13-17(27-2)8-9-18(28-3)19(13)22-15/h4-10,12,22H,11H2,1-3H3,(H,21,26)/t12-/m0/s1. The minimum atomic E-state index is -0.211. The van der Waals surface area contributed by atoms with Crippen molar-refractivity contribution in [2.75, 3.05) is 14.2 Å². The summed E-state index contributed by atoms with van der Waals surface area (Å²) in [5.74, 6) is 1.11. The maximum absolute atomic E-state index is 12.7. The molecule has 0 radical (unpaired) electrons. The molecule has 28 heavy (non-hydrogen) atoms. The zero-order valence-corrected chi connectivity index (χ0v) is 15.9. The van der Waals surface area contributed by atoms with Crippen molar-refractivity contribution >= 4 is 27.8 Å². The lowest BCUT2D eigenvalue weighted by molar-refractivity contribution is 0.0932. The molecule has 0 aliphatic rings. The molecule has 1 amide bonds. The predicted octanol–water partition coefficient (Wildman–Crippen LogP) is 2.75. The molecule has 0 bridgehead atoms. The third kappa shape index (κ3) is 3.13. The SMILES string of the molecule is COc1ccc(OC)c2[nH]c(C(=O)N[C@@H](C)Cn3nnc4ccccc43)cc12. The molecule has 2 N–H and O–H groups in total. The van der Waals surface area contributed by atoms with E-state index in [1.54, 1.807) is 31.0 Å². The average molecular weight is 379 g/mol. The number of aromatic amines is 1. The number of rotatable bonds is 6.